The molecule has 0 aliphatic rings. The first-order valence-electron chi connectivity index (χ1n) is 6.16. The van der Waals surface area contributed by atoms with Gasteiger partial charge in [-0.25, -0.2) is 9.78 Å². The highest BCUT2D eigenvalue weighted by molar-refractivity contribution is 5.92. The Morgan fingerprint density at radius 2 is 2.30 bits per heavy atom. The molecule has 2 heterocycles. The summed E-state index contributed by atoms with van der Waals surface area (Å²) in [5.74, 6) is 0.421. The molecule has 0 amide bonds. The van der Waals surface area contributed by atoms with Gasteiger partial charge in [-0.3, -0.25) is 0 Å². The lowest BCUT2D eigenvalue weighted by Crippen LogP contribution is -2.06. The molecule has 7 nitrogen and oxygen atoms in total. The highest BCUT2D eigenvalue weighted by atomic mass is 16.5. The Kier molecular flexibility index (Phi) is 2.94. The number of hydrogen-bond acceptors (Lipinski definition) is 5. The number of benzene rings is 1. The van der Waals surface area contributed by atoms with Crippen molar-refractivity contribution in [1.29, 1.82) is 0 Å². The normalized spacial score (nSPS) is 11.1. The van der Waals surface area contributed by atoms with E-state index in [0.29, 0.717) is 12.4 Å². The number of aryl methyl sites for hydroxylation is 1. The van der Waals surface area contributed by atoms with Gasteiger partial charge in [0, 0.05) is 6.42 Å². The van der Waals surface area contributed by atoms with Gasteiger partial charge in [-0.1, -0.05) is 12.1 Å². The van der Waals surface area contributed by atoms with Crippen molar-refractivity contribution in [2.24, 2.45) is 0 Å². The Labute approximate surface area is 113 Å². The van der Waals surface area contributed by atoms with Gasteiger partial charge in [-0.2, -0.15) is 4.98 Å². The summed E-state index contributed by atoms with van der Waals surface area (Å²) >= 11 is 0. The second-order valence-corrected chi connectivity index (χ2v) is 4.32. The number of carbonyl (C=O) groups is 1. The number of fused-ring (bicyclic) bond motifs is 1. The SMILES string of the molecule is CCc1nc2ccc(C(=O)O)cc2n1Cc1ncon1. The Hall–Kier alpha value is -2.70. The average molecular weight is 272 g/mol. The maximum atomic E-state index is 11.1. The van der Waals surface area contributed by atoms with E-state index in [-0.39, 0.29) is 5.56 Å². The first kappa shape index (κ1) is 12.3. The predicted molar refractivity (Wildman–Crippen MR) is 69.5 cm³/mol. The summed E-state index contributed by atoms with van der Waals surface area (Å²) in [6.45, 7) is 2.39. The van der Waals surface area contributed by atoms with E-state index in [1.165, 1.54) is 6.39 Å². The molecule has 0 spiro atoms. The minimum atomic E-state index is -0.961. The van der Waals surface area contributed by atoms with Crippen molar-refractivity contribution in [2.45, 2.75) is 19.9 Å². The van der Waals surface area contributed by atoms with E-state index in [0.717, 1.165) is 23.3 Å². The van der Waals surface area contributed by atoms with E-state index < -0.39 is 5.97 Å². The Balaban J connectivity index is 2.15. The second kappa shape index (κ2) is 4.76. The number of imidazole rings is 1. The molecule has 0 fully saturated rings. The number of rotatable bonds is 4. The van der Waals surface area contributed by atoms with Gasteiger partial charge in [0.25, 0.3) is 0 Å². The van der Waals surface area contributed by atoms with Crippen LogP contribution in [0.25, 0.3) is 11.0 Å². The molecule has 0 bridgehead atoms. The van der Waals surface area contributed by atoms with Gasteiger partial charge in [-0.15, -0.1) is 0 Å². The van der Waals surface area contributed by atoms with Crippen LogP contribution in [0.4, 0.5) is 0 Å². The monoisotopic (exact) mass is 272 g/mol. The molecular formula is C13H12N4O3. The van der Waals surface area contributed by atoms with Crippen molar-refractivity contribution in [1.82, 2.24) is 19.7 Å². The van der Waals surface area contributed by atoms with Crippen molar-refractivity contribution in [3.63, 3.8) is 0 Å². The van der Waals surface area contributed by atoms with Crippen molar-refractivity contribution in [2.75, 3.05) is 0 Å². The van der Waals surface area contributed by atoms with Crippen LogP contribution in [-0.4, -0.2) is 30.8 Å². The van der Waals surface area contributed by atoms with Gasteiger partial charge in [0.1, 0.15) is 5.82 Å². The molecule has 0 aliphatic heterocycles. The van der Waals surface area contributed by atoms with Crippen LogP contribution < -0.4 is 0 Å². The Bertz CT molecular complexity index is 761. The zero-order valence-electron chi connectivity index (χ0n) is 10.8. The summed E-state index contributed by atoms with van der Waals surface area (Å²) in [6, 6.07) is 4.88. The third-order valence-electron chi connectivity index (χ3n) is 3.10. The van der Waals surface area contributed by atoms with E-state index in [4.69, 9.17) is 9.63 Å². The van der Waals surface area contributed by atoms with Gasteiger partial charge < -0.3 is 14.2 Å². The highest BCUT2D eigenvalue weighted by Crippen LogP contribution is 2.19. The first-order valence-corrected chi connectivity index (χ1v) is 6.16. The maximum absolute atomic E-state index is 11.1. The predicted octanol–water partition coefficient (Wildman–Crippen LogP) is 1.73. The fraction of sp³-hybridized carbons (Fsp3) is 0.231. The fourth-order valence-corrected chi connectivity index (χ4v) is 2.16. The summed E-state index contributed by atoms with van der Waals surface area (Å²) in [6.07, 6.45) is 2.00. The second-order valence-electron chi connectivity index (χ2n) is 4.32. The lowest BCUT2D eigenvalue weighted by molar-refractivity contribution is 0.0697. The van der Waals surface area contributed by atoms with Gasteiger partial charge in [0.05, 0.1) is 23.1 Å². The quantitative estimate of drug-likeness (QED) is 0.777. The molecule has 0 radical (unpaired) electrons. The van der Waals surface area contributed by atoms with E-state index in [1.54, 1.807) is 18.2 Å². The molecule has 0 unspecified atom stereocenters. The number of carboxylic acids is 1. The summed E-state index contributed by atoms with van der Waals surface area (Å²) in [5.41, 5.74) is 1.75. The number of carboxylic acid groups (broad SMARTS) is 1. The molecule has 102 valence electrons. The zero-order chi connectivity index (χ0) is 14.1. The molecular weight excluding hydrogens is 260 g/mol. The third-order valence-corrected chi connectivity index (χ3v) is 3.10. The van der Waals surface area contributed by atoms with E-state index in [2.05, 4.69) is 15.1 Å². The minimum Gasteiger partial charge on any atom is -0.478 e. The lowest BCUT2D eigenvalue weighted by Gasteiger charge is -2.05. The third kappa shape index (κ3) is 2.03. The smallest absolute Gasteiger partial charge is 0.335 e. The lowest BCUT2D eigenvalue weighted by atomic mass is 10.2. The molecule has 20 heavy (non-hydrogen) atoms. The fourth-order valence-electron chi connectivity index (χ4n) is 2.16. The van der Waals surface area contributed by atoms with E-state index in [1.807, 2.05) is 11.5 Å². The summed E-state index contributed by atoms with van der Waals surface area (Å²) in [4.78, 5) is 19.6. The van der Waals surface area contributed by atoms with Crippen LogP contribution in [-0.2, 0) is 13.0 Å². The summed E-state index contributed by atoms with van der Waals surface area (Å²) < 4.78 is 6.63. The molecule has 1 aromatic carbocycles. The molecule has 0 saturated carbocycles. The van der Waals surface area contributed by atoms with Gasteiger partial charge in [0.15, 0.2) is 5.82 Å². The van der Waals surface area contributed by atoms with Crippen molar-refractivity contribution >= 4 is 17.0 Å². The van der Waals surface area contributed by atoms with Crippen LogP contribution >= 0.6 is 0 Å². The minimum absolute atomic E-state index is 0.231. The summed E-state index contributed by atoms with van der Waals surface area (Å²) in [5, 5.41) is 12.9. The largest absolute Gasteiger partial charge is 0.478 e. The average Bonchev–Trinajstić information content (AvgIpc) is 3.06. The molecule has 3 rings (SSSR count). The maximum Gasteiger partial charge on any atom is 0.335 e. The van der Waals surface area contributed by atoms with Gasteiger partial charge in [0.2, 0.25) is 6.39 Å². The van der Waals surface area contributed by atoms with Crippen LogP contribution in [0, 0.1) is 0 Å². The highest BCUT2D eigenvalue weighted by Gasteiger charge is 2.14. The molecule has 2 aromatic heterocycles. The number of hydrogen-bond donors (Lipinski definition) is 1. The van der Waals surface area contributed by atoms with E-state index >= 15 is 0 Å². The number of aromatic carboxylic acids is 1. The van der Waals surface area contributed by atoms with Gasteiger partial charge in [-0.05, 0) is 18.2 Å². The van der Waals surface area contributed by atoms with Crippen LogP contribution in [0.1, 0.15) is 28.9 Å². The first-order chi connectivity index (χ1) is 9.69. The molecule has 0 atom stereocenters. The molecule has 0 aliphatic carbocycles. The van der Waals surface area contributed by atoms with E-state index in [9.17, 15) is 4.79 Å². The number of aromatic nitrogens is 4. The molecule has 3 aromatic rings. The molecule has 1 N–H and O–H groups in total. The summed E-state index contributed by atoms with van der Waals surface area (Å²) in [7, 11) is 0. The van der Waals surface area contributed by atoms with Crippen molar-refractivity contribution in [3.05, 3.63) is 41.8 Å². The molecule has 7 heteroatoms. The van der Waals surface area contributed by atoms with Gasteiger partial charge >= 0.3 is 5.97 Å². The Morgan fingerprint density at radius 1 is 1.45 bits per heavy atom. The van der Waals surface area contributed by atoms with Crippen LogP contribution in [0.15, 0.2) is 29.1 Å². The van der Waals surface area contributed by atoms with Crippen LogP contribution in [0.3, 0.4) is 0 Å². The standard InChI is InChI=1S/C13H12N4O3/c1-2-12-15-9-4-3-8(13(18)19)5-10(9)17(12)6-11-14-7-20-16-11/h3-5,7H,2,6H2,1H3,(H,18,19). The Morgan fingerprint density at radius 3 is 2.95 bits per heavy atom. The van der Waals surface area contributed by atoms with Crippen molar-refractivity contribution < 1.29 is 14.4 Å². The molecule has 0 saturated heterocycles. The zero-order valence-corrected chi connectivity index (χ0v) is 10.8. The topological polar surface area (TPSA) is 94.0 Å². The van der Waals surface area contributed by atoms with Crippen LogP contribution in [0.5, 0.6) is 0 Å². The van der Waals surface area contributed by atoms with Crippen molar-refractivity contribution in [3.8, 4) is 0 Å². The number of nitrogens with zero attached hydrogens (tertiary/aromatic N) is 4. The van der Waals surface area contributed by atoms with Crippen LogP contribution in [0.2, 0.25) is 0 Å².